The zero-order valence-electron chi connectivity index (χ0n) is 14.1. The molecular weight excluding hydrogens is 332 g/mol. The highest BCUT2D eigenvalue weighted by molar-refractivity contribution is 8.00. The quantitative estimate of drug-likeness (QED) is 0.911. The summed E-state index contributed by atoms with van der Waals surface area (Å²) in [7, 11) is 0. The first-order chi connectivity index (χ1) is 12.1. The van der Waals surface area contributed by atoms with Crippen LogP contribution in [0.5, 0.6) is 0 Å². The first kappa shape index (κ1) is 16.2. The van der Waals surface area contributed by atoms with Crippen LogP contribution in [0.15, 0.2) is 42.5 Å². The standard InChI is InChI=1S/C20H20N2O2S/c1-13(23)21-17-8-5-15(6-9-17)20-22(19(24)12-25-20)18-10-7-14-3-2-4-16(14)11-18/h5-11,20H,2-4,12H2,1H3,(H,21,23). The molecule has 1 atom stereocenters. The average molecular weight is 352 g/mol. The molecule has 1 N–H and O–H groups in total. The van der Waals surface area contributed by atoms with Gasteiger partial charge in [-0.25, -0.2) is 0 Å². The lowest BCUT2D eigenvalue weighted by molar-refractivity contribution is -0.116. The van der Waals surface area contributed by atoms with Crippen LogP contribution in [0.25, 0.3) is 0 Å². The summed E-state index contributed by atoms with van der Waals surface area (Å²) < 4.78 is 0. The normalized spacial score (nSPS) is 19.2. The van der Waals surface area contributed by atoms with Crippen LogP contribution in [-0.2, 0) is 22.4 Å². The number of amides is 2. The second kappa shape index (κ2) is 6.56. The molecule has 0 radical (unpaired) electrons. The van der Waals surface area contributed by atoms with E-state index in [1.165, 1.54) is 24.5 Å². The summed E-state index contributed by atoms with van der Waals surface area (Å²) in [5.41, 5.74) is 5.63. The van der Waals surface area contributed by atoms with Gasteiger partial charge >= 0.3 is 0 Å². The van der Waals surface area contributed by atoms with E-state index in [2.05, 4.69) is 23.5 Å². The molecule has 2 aliphatic rings. The highest BCUT2D eigenvalue weighted by atomic mass is 32.2. The topological polar surface area (TPSA) is 49.4 Å². The Morgan fingerprint density at radius 2 is 1.88 bits per heavy atom. The lowest BCUT2D eigenvalue weighted by Crippen LogP contribution is -2.27. The Bertz CT molecular complexity index is 832. The number of carbonyl (C=O) groups excluding carboxylic acids is 2. The number of anilines is 2. The van der Waals surface area contributed by atoms with Crippen LogP contribution in [0.2, 0.25) is 0 Å². The van der Waals surface area contributed by atoms with Crippen molar-refractivity contribution in [2.75, 3.05) is 16.0 Å². The van der Waals surface area contributed by atoms with Crippen molar-refractivity contribution in [3.05, 3.63) is 59.2 Å². The van der Waals surface area contributed by atoms with Gasteiger partial charge in [-0.1, -0.05) is 18.2 Å². The molecule has 2 aromatic rings. The molecule has 1 aliphatic heterocycles. The van der Waals surface area contributed by atoms with Crippen molar-refractivity contribution in [2.45, 2.75) is 31.6 Å². The minimum Gasteiger partial charge on any atom is -0.326 e. The summed E-state index contributed by atoms with van der Waals surface area (Å²) in [4.78, 5) is 25.6. The fourth-order valence-corrected chi connectivity index (χ4v) is 4.77. The first-order valence-electron chi connectivity index (χ1n) is 8.55. The van der Waals surface area contributed by atoms with E-state index in [9.17, 15) is 9.59 Å². The van der Waals surface area contributed by atoms with Crippen molar-refractivity contribution in [2.24, 2.45) is 0 Å². The largest absolute Gasteiger partial charge is 0.326 e. The summed E-state index contributed by atoms with van der Waals surface area (Å²) in [5.74, 6) is 0.562. The van der Waals surface area contributed by atoms with Crippen LogP contribution in [0.1, 0.15) is 35.4 Å². The zero-order chi connectivity index (χ0) is 17.4. The third-order valence-electron chi connectivity index (χ3n) is 4.74. The molecule has 1 saturated heterocycles. The molecule has 0 aromatic heterocycles. The summed E-state index contributed by atoms with van der Waals surface area (Å²) in [5, 5.41) is 2.76. The molecule has 4 rings (SSSR count). The maximum absolute atomic E-state index is 12.5. The molecule has 1 unspecified atom stereocenters. The number of hydrogen-bond donors (Lipinski definition) is 1. The molecule has 2 amide bonds. The van der Waals surface area contributed by atoms with E-state index in [1.807, 2.05) is 29.2 Å². The Hall–Kier alpha value is -2.27. The Morgan fingerprint density at radius 1 is 1.12 bits per heavy atom. The van der Waals surface area contributed by atoms with Gasteiger partial charge in [-0.05, 0) is 60.2 Å². The van der Waals surface area contributed by atoms with E-state index >= 15 is 0 Å². The van der Waals surface area contributed by atoms with Crippen LogP contribution in [0, 0.1) is 0 Å². The number of hydrogen-bond acceptors (Lipinski definition) is 3. The molecule has 0 spiro atoms. The van der Waals surface area contributed by atoms with E-state index in [1.54, 1.807) is 11.8 Å². The molecule has 1 aliphatic carbocycles. The number of carbonyl (C=O) groups is 2. The van der Waals surface area contributed by atoms with E-state index in [-0.39, 0.29) is 17.2 Å². The predicted molar refractivity (Wildman–Crippen MR) is 102 cm³/mol. The summed E-state index contributed by atoms with van der Waals surface area (Å²) in [6.45, 7) is 1.50. The summed E-state index contributed by atoms with van der Waals surface area (Å²) >= 11 is 1.65. The van der Waals surface area contributed by atoms with Gasteiger partial charge < -0.3 is 5.32 Å². The van der Waals surface area contributed by atoms with Gasteiger partial charge in [-0.2, -0.15) is 0 Å². The van der Waals surface area contributed by atoms with Gasteiger partial charge in [-0.3, -0.25) is 14.5 Å². The minimum atomic E-state index is -0.0852. The monoisotopic (exact) mass is 352 g/mol. The Morgan fingerprint density at radius 3 is 2.64 bits per heavy atom. The molecule has 25 heavy (non-hydrogen) atoms. The second-order valence-electron chi connectivity index (χ2n) is 6.54. The fraction of sp³-hybridized carbons (Fsp3) is 0.300. The number of thioether (sulfide) groups is 1. The third kappa shape index (κ3) is 3.16. The smallest absolute Gasteiger partial charge is 0.238 e. The van der Waals surface area contributed by atoms with Crippen molar-refractivity contribution in [3.63, 3.8) is 0 Å². The van der Waals surface area contributed by atoms with Crippen LogP contribution in [-0.4, -0.2) is 17.6 Å². The van der Waals surface area contributed by atoms with E-state index in [0.29, 0.717) is 5.75 Å². The van der Waals surface area contributed by atoms with Gasteiger partial charge in [0.1, 0.15) is 5.37 Å². The highest BCUT2D eigenvalue weighted by Gasteiger charge is 2.34. The summed E-state index contributed by atoms with van der Waals surface area (Å²) in [6, 6.07) is 14.2. The Labute approximate surface area is 151 Å². The van der Waals surface area contributed by atoms with Crippen LogP contribution >= 0.6 is 11.8 Å². The van der Waals surface area contributed by atoms with Gasteiger partial charge in [0.15, 0.2) is 0 Å². The first-order valence-corrected chi connectivity index (χ1v) is 9.60. The van der Waals surface area contributed by atoms with Gasteiger partial charge in [-0.15, -0.1) is 11.8 Å². The zero-order valence-corrected chi connectivity index (χ0v) is 14.9. The van der Waals surface area contributed by atoms with E-state index in [4.69, 9.17) is 0 Å². The average Bonchev–Trinajstić information content (AvgIpc) is 3.20. The Kier molecular flexibility index (Phi) is 4.25. The summed E-state index contributed by atoms with van der Waals surface area (Å²) in [6.07, 6.45) is 3.45. The van der Waals surface area contributed by atoms with Crippen LogP contribution < -0.4 is 10.2 Å². The molecular formula is C20H20N2O2S. The van der Waals surface area contributed by atoms with Crippen molar-refractivity contribution in [1.29, 1.82) is 0 Å². The fourth-order valence-electron chi connectivity index (χ4n) is 3.59. The molecule has 0 saturated carbocycles. The number of fused-ring (bicyclic) bond motifs is 1. The van der Waals surface area contributed by atoms with Crippen molar-refractivity contribution in [1.82, 2.24) is 0 Å². The maximum Gasteiger partial charge on any atom is 0.238 e. The van der Waals surface area contributed by atoms with Crippen molar-refractivity contribution < 1.29 is 9.59 Å². The third-order valence-corrected chi connectivity index (χ3v) is 5.96. The molecule has 1 fully saturated rings. The van der Waals surface area contributed by atoms with Gasteiger partial charge in [0.05, 0.1) is 5.75 Å². The van der Waals surface area contributed by atoms with Crippen LogP contribution in [0.3, 0.4) is 0 Å². The maximum atomic E-state index is 12.5. The lowest BCUT2D eigenvalue weighted by Gasteiger charge is -2.25. The molecule has 5 heteroatoms. The van der Waals surface area contributed by atoms with E-state index < -0.39 is 0 Å². The van der Waals surface area contributed by atoms with Gasteiger partial charge in [0, 0.05) is 18.3 Å². The number of benzene rings is 2. The number of rotatable bonds is 3. The van der Waals surface area contributed by atoms with Gasteiger partial charge in [0.25, 0.3) is 0 Å². The minimum absolute atomic E-state index is 0.0154. The van der Waals surface area contributed by atoms with E-state index in [0.717, 1.165) is 29.8 Å². The molecule has 0 bridgehead atoms. The molecule has 128 valence electrons. The van der Waals surface area contributed by atoms with Crippen molar-refractivity contribution in [3.8, 4) is 0 Å². The SMILES string of the molecule is CC(=O)Nc1ccc(C2SCC(=O)N2c2ccc3c(c2)CCC3)cc1. The predicted octanol–water partition coefficient (Wildman–Crippen LogP) is 3.91. The van der Waals surface area contributed by atoms with Crippen LogP contribution in [0.4, 0.5) is 11.4 Å². The number of aryl methyl sites for hydroxylation is 2. The van der Waals surface area contributed by atoms with Crippen molar-refractivity contribution >= 4 is 35.0 Å². The molecule has 4 nitrogen and oxygen atoms in total. The number of nitrogens with one attached hydrogen (secondary N) is 1. The molecule has 1 heterocycles. The Balaban J connectivity index is 1.62. The highest BCUT2D eigenvalue weighted by Crippen LogP contribution is 2.42. The number of nitrogens with zero attached hydrogens (tertiary/aromatic N) is 1. The molecule has 2 aromatic carbocycles. The lowest BCUT2D eigenvalue weighted by atomic mass is 10.1. The second-order valence-corrected chi connectivity index (χ2v) is 7.61. The van der Waals surface area contributed by atoms with Gasteiger partial charge in [0.2, 0.25) is 11.8 Å².